The Kier molecular flexibility index (Phi) is 3.46. The number of rotatable bonds is 3. The van der Waals surface area contributed by atoms with Crippen molar-refractivity contribution >= 4 is 16.9 Å². The molecule has 0 unspecified atom stereocenters. The summed E-state index contributed by atoms with van der Waals surface area (Å²) in [6.07, 6.45) is 2.08. The minimum atomic E-state index is -0.305. The van der Waals surface area contributed by atoms with E-state index in [4.69, 9.17) is 4.74 Å². The predicted molar refractivity (Wildman–Crippen MR) is 69.8 cm³/mol. The molecule has 1 heterocycles. The van der Waals surface area contributed by atoms with E-state index in [2.05, 4.69) is 0 Å². The van der Waals surface area contributed by atoms with Crippen LogP contribution in [0, 0.1) is 0 Å². The lowest BCUT2D eigenvalue weighted by Crippen LogP contribution is -2.09. The highest BCUT2D eigenvalue weighted by atomic mass is 16.5. The molecule has 2 rings (SSSR count). The van der Waals surface area contributed by atoms with E-state index >= 15 is 0 Å². The molecule has 2 aromatic rings. The van der Waals surface area contributed by atoms with Crippen LogP contribution in [0.15, 0.2) is 35.3 Å². The number of benzene rings is 1. The number of carbonyl (C=O) groups excluding carboxylic acids is 1. The van der Waals surface area contributed by atoms with Crippen molar-refractivity contribution in [3.63, 3.8) is 0 Å². The summed E-state index contributed by atoms with van der Waals surface area (Å²) in [5.74, 6) is 0.112. The van der Waals surface area contributed by atoms with Crippen LogP contribution in [0.3, 0.4) is 0 Å². The summed E-state index contributed by atoms with van der Waals surface area (Å²) in [5, 5.41) is 0.570. The molecule has 0 bridgehead atoms. The first-order chi connectivity index (χ1) is 8.65. The summed E-state index contributed by atoms with van der Waals surface area (Å²) in [5.41, 5.74) is 0.783. The SMILES string of the molecule is CCC(=O)Oc1ccc2c(c1)c(=O)ccn2CC. The van der Waals surface area contributed by atoms with E-state index in [9.17, 15) is 9.59 Å². The summed E-state index contributed by atoms with van der Waals surface area (Å²) >= 11 is 0. The molecule has 0 atom stereocenters. The van der Waals surface area contributed by atoms with Gasteiger partial charge in [0.1, 0.15) is 5.75 Å². The molecule has 0 saturated heterocycles. The molecule has 1 aromatic carbocycles. The molecular formula is C14H15NO3. The van der Waals surface area contributed by atoms with Crippen LogP contribution in [-0.4, -0.2) is 10.5 Å². The van der Waals surface area contributed by atoms with Crippen LogP contribution < -0.4 is 10.2 Å². The van der Waals surface area contributed by atoms with Gasteiger partial charge in [-0.3, -0.25) is 9.59 Å². The quantitative estimate of drug-likeness (QED) is 0.616. The number of hydrogen-bond acceptors (Lipinski definition) is 3. The van der Waals surface area contributed by atoms with Crippen molar-refractivity contribution in [2.75, 3.05) is 0 Å². The Morgan fingerprint density at radius 2 is 2.06 bits per heavy atom. The summed E-state index contributed by atoms with van der Waals surface area (Å²) < 4.78 is 7.09. The van der Waals surface area contributed by atoms with Crippen molar-refractivity contribution in [2.45, 2.75) is 26.8 Å². The van der Waals surface area contributed by atoms with Gasteiger partial charge in [-0.15, -0.1) is 0 Å². The van der Waals surface area contributed by atoms with Gasteiger partial charge in [0.15, 0.2) is 5.43 Å². The number of aryl methyl sites for hydroxylation is 1. The van der Waals surface area contributed by atoms with Crippen LogP contribution in [-0.2, 0) is 11.3 Å². The molecule has 18 heavy (non-hydrogen) atoms. The Morgan fingerprint density at radius 3 is 2.72 bits per heavy atom. The van der Waals surface area contributed by atoms with E-state index < -0.39 is 0 Å². The van der Waals surface area contributed by atoms with E-state index in [0.717, 1.165) is 12.1 Å². The minimum absolute atomic E-state index is 0.0657. The molecule has 0 spiro atoms. The number of nitrogens with zero attached hydrogens (tertiary/aromatic N) is 1. The van der Waals surface area contributed by atoms with Crippen molar-refractivity contribution in [3.8, 4) is 5.75 Å². The molecule has 0 amide bonds. The maximum Gasteiger partial charge on any atom is 0.310 e. The van der Waals surface area contributed by atoms with Crippen molar-refractivity contribution in [1.82, 2.24) is 4.57 Å². The molecule has 0 N–H and O–H groups in total. The Balaban J connectivity index is 2.54. The number of ether oxygens (including phenoxy) is 1. The number of aromatic nitrogens is 1. The van der Waals surface area contributed by atoms with Gasteiger partial charge in [0, 0.05) is 30.6 Å². The molecule has 4 nitrogen and oxygen atoms in total. The number of carbonyl (C=O) groups is 1. The zero-order valence-electron chi connectivity index (χ0n) is 10.5. The number of esters is 1. The van der Waals surface area contributed by atoms with Crippen LogP contribution in [0.2, 0.25) is 0 Å². The van der Waals surface area contributed by atoms with Gasteiger partial charge in [-0.05, 0) is 25.1 Å². The molecule has 0 aliphatic heterocycles. The van der Waals surface area contributed by atoms with Crippen molar-refractivity contribution in [3.05, 3.63) is 40.7 Å². The lowest BCUT2D eigenvalue weighted by Gasteiger charge is -2.09. The first kappa shape index (κ1) is 12.4. The van der Waals surface area contributed by atoms with Gasteiger partial charge in [-0.25, -0.2) is 0 Å². The zero-order chi connectivity index (χ0) is 13.1. The fraction of sp³-hybridized carbons (Fsp3) is 0.286. The largest absolute Gasteiger partial charge is 0.427 e. The second kappa shape index (κ2) is 5.04. The van der Waals surface area contributed by atoms with Crippen LogP contribution in [0.5, 0.6) is 5.75 Å². The highest BCUT2D eigenvalue weighted by Crippen LogP contribution is 2.18. The van der Waals surface area contributed by atoms with Crippen LogP contribution in [0.1, 0.15) is 20.3 Å². The number of hydrogen-bond donors (Lipinski definition) is 0. The number of pyridine rings is 1. The summed E-state index contributed by atoms with van der Waals surface area (Å²) in [7, 11) is 0. The normalized spacial score (nSPS) is 10.6. The smallest absolute Gasteiger partial charge is 0.310 e. The third-order valence-electron chi connectivity index (χ3n) is 2.81. The van der Waals surface area contributed by atoms with Crippen LogP contribution in [0.25, 0.3) is 10.9 Å². The van der Waals surface area contributed by atoms with Gasteiger partial charge < -0.3 is 9.30 Å². The third kappa shape index (κ3) is 2.27. The second-order valence-corrected chi connectivity index (χ2v) is 3.97. The topological polar surface area (TPSA) is 48.3 Å². The van der Waals surface area contributed by atoms with E-state index in [1.54, 1.807) is 31.3 Å². The summed E-state index contributed by atoms with van der Waals surface area (Å²) in [4.78, 5) is 23.0. The Labute approximate surface area is 105 Å². The molecular weight excluding hydrogens is 230 g/mol. The fourth-order valence-electron chi connectivity index (χ4n) is 1.83. The molecule has 94 valence electrons. The van der Waals surface area contributed by atoms with E-state index in [0.29, 0.717) is 17.6 Å². The zero-order valence-corrected chi connectivity index (χ0v) is 10.5. The predicted octanol–water partition coefficient (Wildman–Crippen LogP) is 2.34. The molecule has 0 aliphatic rings. The summed E-state index contributed by atoms with van der Waals surface area (Å²) in [6.45, 7) is 4.52. The maximum absolute atomic E-state index is 11.8. The van der Waals surface area contributed by atoms with Gasteiger partial charge >= 0.3 is 5.97 Å². The Hall–Kier alpha value is -2.10. The average molecular weight is 245 g/mol. The van der Waals surface area contributed by atoms with Gasteiger partial charge in [0.05, 0.1) is 5.52 Å². The molecule has 0 fully saturated rings. The fourth-order valence-corrected chi connectivity index (χ4v) is 1.83. The second-order valence-electron chi connectivity index (χ2n) is 3.97. The lowest BCUT2D eigenvalue weighted by molar-refractivity contribution is -0.134. The number of fused-ring (bicyclic) bond motifs is 1. The van der Waals surface area contributed by atoms with Gasteiger partial charge in [0.2, 0.25) is 0 Å². The van der Waals surface area contributed by atoms with Crippen LogP contribution >= 0.6 is 0 Å². The lowest BCUT2D eigenvalue weighted by atomic mass is 10.2. The van der Waals surface area contributed by atoms with Crippen molar-refractivity contribution in [2.24, 2.45) is 0 Å². The molecule has 0 saturated carbocycles. The highest BCUT2D eigenvalue weighted by molar-refractivity contribution is 5.81. The first-order valence-corrected chi connectivity index (χ1v) is 5.99. The molecule has 1 aromatic heterocycles. The van der Waals surface area contributed by atoms with Gasteiger partial charge in [-0.2, -0.15) is 0 Å². The van der Waals surface area contributed by atoms with Crippen molar-refractivity contribution < 1.29 is 9.53 Å². The standard InChI is InChI=1S/C14H15NO3/c1-3-14(17)18-10-5-6-12-11(9-10)13(16)7-8-15(12)4-2/h5-9H,3-4H2,1-2H3. The van der Waals surface area contributed by atoms with Crippen LogP contribution in [0.4, 0.5) is 0 Å². The Morgan fingerprint density at radius 1 is 1.28 bits per heavy atom. The van der Waals surface area contributed by atoms with E-state index in [1.807, 2.05) is 11.5 Å². The van der Waals surface area contributed by atoms with E-state index in [1.165, 1.54) is 6.07 Å². The molecule has 0 radical (unpaired) electrons. The van der Waals surface area contributed by atoms with Gasteiger partial charge in [-0.1, -0.05) is 6.92 Å². The monoisotopic (exact) mass is 245 g/mol. The minimum Gasteiger partial charge on any atom is -0.427 e. The third-order valence-corrected chi connectivity index (χ3v) is 2.81. The maximum atomic E-state index is 11.8. The Bertz CT molecular complexity index is 643. The average Bonchev–Trinajstić information content (AvgIpc) is 2.39. The molecule has 0 aliphatic carbocycles. The first-order valence-electron chi connectivity index (χ1n) is 5.99. The highest BCUT2D eigenvalue weighted by Gasteiger charge is 2.06. The molecule has 4 heteroatoms. The van der Waals surface area contributed by atoms with Gasteiger partial charge in [0.25, 0.3) is 0 Å². The van der Waals surface area contributed by atoms with E-state index in [-0.39, 0.29) is 11.4 Å². The van der Waals surface area contributed by atoms with Crippen molar-refractivity contribution in [1.29, 1.82) is 0 Å². The summed E-state index contributed by atoms with van der Waals surface area (Å²) in [6, 6.07) is 6.66.